The van der Waals surface area contributed by atoms with Crippen molar-refractivity contribution in [3.8, 4) is 5.75 Å². The first-order valence-corrected chi connectivity index (χ1v) is 10.3. The van der Waals surface area contributed by atoms with Crippen molar-refractivity contribution in [2.24, 2.45) is 0 Å². The fourth-order valence-corrected chi connectivity index (χ4v) is 3.07. The summed E-state index contributed by atoms with van der Waals surface area (Å²) in [6.45, 7) is 0.424. The molecule has 0 spiro atoms. The molecule has 162 valence electrons. The number of nitrogens with one attached hydrogen (secondary N) is 2. The molecule has 0 aromatic heterocycles. The molecule has 0 saturated heterocycles. The van der Waals surface area contributed by atoms with E-state index in [-0.39, 0.29) is 25.2 Å². The maximum absolute atomic E-state index is 12.2. The lowest BCUT2D eigenvalue weighted by molar-refractivity contribution is 0.0997. The van der Waals surface area contributed by atoms with Gasteiger partial charge in [-0.1, -0.05) is 48.5 Å². The lowest BCUT2D eigenvalue weighted by atomic mass is 10.1. The molecule has 6 nitrogen and oxygen atoms in total. The fraction of sp³-hybridized carbons (Fsp3) is 0.240. The number of aliphatic hydroxyl groups excluding tert-OH is 2. The summed E-state index contributed by atoms with van der Waals surface area (Å²) in [6.07, 6.45) is -0.0970. The minimum Gasteiger partial charge on any atom is -0.491 e. The van der Waals surface area contributed by atoms with Crippen LogP contribution in [0.4, 0.5) is 5.69 Å². The molecule has 3 aromatic rings. The van der Waals surface area contributed by atoms with Crippen LogP contribution in [0.2, 0.25) is 0 Å². The van der Waals surface area contributed by atoms with Gasteiger partial charge in [-0.15, -0.1) is 0 Å². The third-order valence-electron chi connectivity index (χ3n) is 4.78. The highest BCUT2D eigenvalue weighted by atomic mass is 16.5. The van der Waals surface area contributed by atoms with Crippen LogP contribution in [0.15, 0.2) is 84.9 Å². The smallest absolute Gasteiger partial charge is 0.255 e. The highest BCUT2D eigenvalue weighted by Crippen LogP contribution is 2.13. The van der Waals surface area contributed by atoms with Crippen molar-refractivity contribution < 1.29 is 19.7 Å². The minimum atomic E-state index is -0.690. The zero-order valence-corrected chi connectivity index (χ0v) is 17.3. The summed E-state index contributed by atoms with van der Waals surface area (Å²) in [5.74, 6) is 0.551. The topological polar surface area (TPSA) is 90.8 Å². The Labute approximate surface area is 182 Å². The van der Waals surface area contributed by atoms with Gasteiger partial charge in [0.05, 0.1) is 6.61 Å². The van der Waals surface area contributed by atoms with Gasteiger partial charge in [0.1, 0.15) is 18.5 Å². The number of hydrogen-bond acceptors (Lipinski definition) is 5. The Morgan fingerprint density at radius 1 is 0.903 bits per heavy atom. The van der Waals surface area contributed by atoms with E-state index in [1.54, 1.807) is 12.1 Å². The number of benzene rings is 3. The van der Waals surface area contributed by atoms with Crippen LogP contribution in [0.25, 0.3) is 0 Å². The summed E-state index contributed by atoms with van der Waals surface area (Å²) in [6, 6.07) is 25.7. The van der Waals surface area contributed by atoms with E-state index in [1.165, 1.54) is 0 Å². The first-order valence-electron chi connectivity index (χ1n) is 10.3. The van der Waals surface area contributed by atoms with Gasteiger partial charge in [0.15, 0.2) is 0 Å². The number of rotatable bonds is 11. The highest BCUT2D eigenvalue weighted by Gasteiger charge is 2.12. The standard InChI is InChI=1S/C25H28N2O4/c28-17-22(26-16-23(29)18-31-24-9-5-2-6-10-24)15-19-11-13-21(14-12-19)27-25(30)20-7-3-1-4-8-20/h1-14,22-23,26,28-29H,15-18H2,(H,27,30)/t22-,23-/m0/s1. The summed E-state index contributed by atoms with van der Waals surface area (Å²) in [4.78, 5) is 12.2. The van der Waals surface area contributed by atoms with Gasteiger partial charge in [0.2, 0.25) is 0 Å². The molecule has 2 atom stereocenters. The Morgan fingerprint density at radius 3 is 2.19 bits per heavy atom. The molecule has 0 fully saturated rings. The fourth-order valence-electron chi connectivity index (χ4n) is 3.07. The van der Waals surface area contributed by atoms with Crippen LogP contribution in [0.5, 0.6) is 5.75 Å². The van der Waals surface area contributed by atoms with Crippen LogP contribution < -0.4 is 15.4 Å². The number of carbonyl (C=O) groups is 1. The molecule has 0 heterocycles. The first-order chi connectivity index (χ1) is 15.1. The molecule has 0 aliphatic carbocycles. The predicted molar refractivity (Wildman–Crippen MR) is 121 cm³/mol. The second kappa shape index (κ2) is 11.9. The molecule has 0 bridgehead atoms. The van der Waals surface area contributed by atoms with Gasteiger partial charge >= 0.3 is 0 Å². The Bertz CT molecular complexity index is 917. The minimum absolute atomic E-state index is 0.0568. The summed E-state index contributed by atoms with van der Waals surface area (Å²) in [5.41, 5.74) is 2.32. The van der Waals surface area contributed by atoms with Gasteiger partial charge in [-0.3, -0.25) is 4.79 Å². The molecule has 4 N–H and O–H groups in total. The third kappa shape index (κ3) is 7.53. The molecule has 0 aliphatic rings. The number of aliphatic hydroxyl groups is 2. The Kier molecular flexibility index (Phi) is 8.60. The van der Waals surface area contributed by atoms with Crippen molar-refractivity contribution in [2.45, 2.75) is 18.6 Å². The van der Waals surface area contributed by atoms with Gasteiger partial charge in [-0.05, 0) is 48.4 Å². The zero-order valence-electron chi connectivity index (χ0n) is 17.3. The maximum atomic E-state index is 12.2. The van der Waals surface area contributed by atoms with Crippen LogP contribution >= 0.6 is 0 Å². The lowest BCUT2D eigenvalue weighted by Crippen LogP contribution is -2.41. The van der Waals surface area contributed by atoms with E-state index < -0.39 is 6.10 Å². The van der Waals surface area contributed by atoms with Crippen molar-refractivity contribution in [1.29, 1.82) is 0 Å². The van der Waals surface area contributed by atoms with E-state index in [2.05, 4.69) is 10.6 Å². The molecule has 3 aromatic carbocycles. The van der Waals surface area contributed by atoms with Gasteiger partial charge in [-0.25, -0.2) is 0 Å². The Balaban J connectivity index is 1.43. The highest BCUT2D eigenvalue weighted by molar-refractivity contribution is 6.04. The average Bonchev–Trinajstić information content (AvgIpc) is 2.82. The number of ether oxygens (including phenoxy) is 1. The van der Waals surface area contributed by atoms with Gasteiger partial charge in [0.25, 0.3) is 5.91 Å². The van der Waals surface area contributed by atoms with Gasteiger partial charge < -0.3 is 25.6 Å². The second-order valence-corrected chi connectivity index (χ2v) is 7.29. The van der Waals surface area contributed by atoms with E-state index in [0.717, 1.165) is 5.56 Å². The van der Waals surface area contributed by atoms with Crippen molar-refractivity contribution in [3.05, 3.63) is 96.1 Å². The molecular weight excluding hydrogens is 392 g/mol. The number of para-hydroxylation sites is 1. The zero-order chi connectivity index (χ0) is 21.9. The lowest BCUT2D eigenvalue weighted by Gasteiger charge is -2.19. The molecule has 31 heavy (non-hydrogen) atoms. The number of carbonyl (C=O) groups excluding carboxylic acids is 1. The van der Waals surface area contributed by atoms with Crippen molar-refractivity contribution in [2.75, 3.05) is 25.1 Å². The van der Waals surface area contributed by atoms with Crippen molar-refractivity contribution in [3.63, 3.8) is 0 Å². The average molecular weight is 421 g/mol. The second-order valence-electron chi connectivity index (χ2n) is 7.29. The maximum Gasteiger partial charge on any atom is 0.255 e. The molecule has 0 unspecified atom stereocenters. The third-order valence-corrected chi connectivity index (χ3v) is 4.78. The monoisotopic (exact) mass is 420 g/mol. The molecule has 0 aliphatic heterocycles. The van der Waals surface area contributed by atoms with E-state index in [0.29, 0.717) is 30.0 Å². The summed E-state index contributed by atoms with van der Waals surface area (Å²) in [7, 11) is 0. The van der Waals surface area contributed by atoms with E-state index in [9.17, 15) is 15.0 Å². The largest absolute Gasteiger partial charge is 0.491 e. The molecule has 0 saturated carbocycles. The summed E-state index contributed by atoms with van der Waals surface area (Å²) < 4.78 is 5.54. The van der Waals surface area contributed by atoms with Crippen molar-refractivity contribution in [1.82, 2.24) is 5.32 Å². The Hall–Kier alpha value is -3.19. The van der Waals surface area contributed by atoms with Crippen LogP contribution in [0.3, 0.4) is 0 Å². The number of hydrogen-bond donors (Lipinski definition) is 4. The number of anilines is 1. The quantitative estimate of drug-likeness (QED) is 0.383. The SMILES string of the molecule is O=C(Nc1ccc(C[C@@H](CO)NC[C@H](O)COc2ccccc2)cc1)c1ccccc1. The summed E-state index contributed by atoms with van der Waals surface area (Å²) in [5, 5.41) is 25.8. The summed E-state index contributed by atoms with van der Waals surface area (Å²) >= 11 is 0. The van der Waals surface area contributed by atoms with Crippen LogP contribution in [0, 0.1) is 0 Å². The Morgan fingerprint density at radius 2 is 1.55 bits per heavy atom. The van der Waals surface area contributed by atoms with E-state index in [1.807, 2.05) is 72.8 Å². The molecule has 6 heteroatoms. The van der Waals surface area contributed by atoms with E-state index in [4.69, 9.17) is 4.74 Å². The van der Waals surface area contributed by atoms with Gasteiger partial charge in [0, 0.05) is 23.8 Å². The van der Waals surface area contributed by atoms with E-state index >= 15 is 0 Å². The van der Waals surface area contributed by atoms with Gasteiger partial charge in [-0.2, -0.15) is 0 Å². The van der Waals surface area contributed by atoms with Crippen molar-refractivity contribution >= 4 is 11.6 Å². The van der Waals surface area contributed by atoms with Crippen LogP contribution in [-0.4, -0.2) is 48.0 Å². The van der Waals surface area contributed by atoms with Crippen LogP contribution in [-0.2, 0) is 6.42 Å². The number of amides is 1. The predicted octanol–water partition coefficient (Wildman–Crippen LogP) is 2.87. The molecule has 0 radical (unpaired) electrons. The molecule has 3 rings (SSSR count). The first kappa shape index (κ1) is 22.5. The molecule has 1 amide bonds. The molecular formula is C25H28N2O4. The normalized spacial score (nSPS) is 12.7. The van der Waals surface area contributed by atoms with Crippen LogP contribution in [0.1, 0.15) is 15.9 Å².